The van der Waals surface area contributed by atoms with E-state index in [1.54, 1.807) is 11.3 Å². The second-order valence-electron chi connectivity index (χ2n) is 6.40. The van der Waals surface area contributed by atoms with E-state index in [1.165, 1.54) is 4.88 Å². The van der Waals surface area contributed by atoms with Crippen LogP contribution in [0.4, 0.5) is 4.79 Å². The number of rotatable bonds is 5. The maximum absolute atomic E-state index is 12.7. The Kier molecular flexibility index (Phi) is 5.20. The predicted octanol–water partition coefficient (Wildman–Crippen LogP) is 3.19. The Balaban J connectivity index is 1.63. The Bertz CT molecular complexity index is 668. The van der Waals surface area contributed by atoms with Crippen LogP contribution in [0.2, 0.25) is 0 Å². The van der Waals surface area contributed by atoms with E-state index in [4.69, 9.17) is 4.52 Å². The van der Waals surface area contributed by atoms with Crippen LogP contribution >= 0.6 is 11.3 Å². The normalized spacial score (nSPS) is 19.0. The lowest BCUT2D eigenvalue weighted by atomic mass is 10.1. The number of nitrogens with one attached hydrogen (secondary N) is 1. The van der Waals surface area contributed by atoms with Gasteiger partial charge in [0.25, 0.3) is 0 Å². The van der Waals surface area contributed by atoms with Crippen LogP contribution in [0.15, 0.2) is 28.1 Å². The molecule has 24 heavy (non-hydrogen) atoms. The van der Waals surface area contributed by atoms with Crippen LogP contribution in [0.3, 0.4) is 0 Å². The first-order valence-electron chi connectivity index (χ1n) is 8.24. The lowest BCUT2D eigenvalue weighted by molar-refractivity contribution is 0.178. The molecule has 1 N–H and O–H groups in total. The number of amides is 2. The van der Waals surface area contributed by atoms with Gasteiger partial charge in [-0.2, -0.15) is 0 Å². The number of carbonyl (C=O) groups excluding carboxylic acids is 1. The van der Waals surface area contributed by atoms with Gasteiger partial charge in [-0.3, -0.25) is 0 Å². The standard InChI is InChI=1S/C17H24N4O2S/c1-12-10-15(23-19-12)13-6-4-8-21(13)17(22)18-11-14(20(2)3)16-7-5-9-24-16/h5,7,9-10,13-14H,4,6,8,11H2,1-3H3,(H,18,22)/t13-,14-/m1/s1. The predicted molar refractivity (Wildman–Crippen MR) is 94.1 cm³/mol. The minimum Gasteiger partial charge on any atom is -0.359 e. The molecule has 0 aliphatic carbocycles. The molecule has 1 aliphatic rings. The average molecular weight is 348 g/mol. The highest BCUT2D eigenvalue weighted by atomic mass is 32.1. The van der Waals surface area contributed by atoms with Gasteiger partial charge in [0.2, 0.25) is 0 Å². The summed E-state index contributed by atoms with van der Waals surface area (Å²) in [5, 5.41) is 9.10. The summed E-state index contributed by atoms with van der Waals surface area (Å²) in [5.74, 6) is 0.780. The summed E-state index contributed by atoms with van der Waals surface area (Å²) in [5.41, 5.74) is 0.850. The van der Waals surface area contributed by atoms with Crippen LogP contribution < -0.4 is 5.32 Å². The van der Waals surface area contributed by atoms with Gasteiger partial charge >= 0.3 is 6.03 Å². The lowest BCUT2D eigenvalue weighted by Gasteiger charge is -2.27. The summed E-state index contributed by atoms with van der Waals surface area (Å²) >= 11 is 1.71. The Hall–Kier alpha value is -1.86. The Morgan fingerprint density at radius 3 is 3.04 bits per heavy atom. The van der Waals surface area contributed by atoms with E-state index in [0.717, 1.165) is 30.8 Å². The fourth-order valence-corrected chi connectivity index (χ4v) is 4.07. The molecule has 0 saturated carbocycles. The summed E-state index contributed by atoms with van der Waals surface area (Å²) < 4.78 is 5.37. The summed E-state index contributed by atoms with van der Waals surface area (Å²) in [6.45, 7) is 3.24. The van der Waals surface area contributed by atoms with Gasteiger partial charge in [-0.25, -0.2) is 4.79 Å². The largest absolute Gasteiger partial charge is 0.359 e. The highest BCUT2D eigenvalue weighted by Crippen LogP contribution is 2.32. The lowest BCUT2D eigenvalue weighted by Crippen LogP contribution is -2.42. The summed E-state index contributed by atoms with van der Waals surface area (Å²) in [7, 11) is 4.07. The molecule has 7 heteroatoms. The smallest absolute Gasteiger partial charge is 0.318 e. The fraction of sp³-hybridized carbons (Fsp3) is 0.529. The van der Waals surface area contributed by atoms with Gasteiger partial charge in [-0.1, -0.05) is 11.2 Å². The highest BCUT2D eigenvalue weighted by Gasteiger charge is 2.33. The van der Waals surface area contributed by atoms with Crippen molar-refractivity contribution in [2.45, 2.75) is 31.8 Å². The molecule has 3 heterocycles. The number of carbonyl (C=O) groups is 1. The molecule has 0 radical (unpaired) electrons. The summed E-state index contributed by atoms with van der Waals surface area (Å²) in [6.07, 6.45) is 1.91. The Morgan fingerprint density at radius 2 is 2.42 bits per heavy atom. The molecular weight excluding hydrogens is 324 g/mol. The first-order chi connectivity index (χ1) is 11.6. The average Bonchev–Trinajstić information content (AvgIpc) is 3.27. The Labute approximate surface area is 146 Å². The number of urea groups is 1. The van der Waals surface area contributed by atoms with Crippen LogP contribution in [0, 0.1) is 6.92 Å². The van der Waals surface area contributed by atoms with E-state index in [0.29, 0.717) is 6.54 Å². The second kappa shape index (κ2) is 7.36. The minimum atomic E-state index is -0.0324. The van der Waals surface area contributed by atoms with E-state index in [2.05, 4.69) is 26.8 Å². The van der Waals surface area contributed by atoms with Crippen molar-refractivity contribution >= 4 is 17.4 Å². The zero-order valence-corrected chi connectivity index (χ0v) is 15.2. The van der Waals surface area contributed by atoms with Crippen molar-refractivity contribution in [1.82, 2.24) is 20.3 Å². The van der Waals surface area contributed by atoms with Gasteiger partial charge < -0.3 is 19.6 Å². The number of likely N-dealkylation sites (tertiary alicyclic amines) is 1. The number of nitrogens with zero attached hydrogens (tertiary/aromatic N) is 3. The molecule has 1 fully saturated rings. The molecular formula is C17H24N4O2S. The van der Waals surface area contributed by atoms with E-state index >= 15 is 0 Å². The quantitative estimate of drug-likeness (QED) is 0.901. The van der Waals surface area contributed by atoms with E-state index in [1.807, 2.05) is 38.1 Å². The zero-order chi connectivity index (χ0) is 17.1. The van der Waals surface area contributed by atoms with Gasteiger partial charge in [-0.05, 0) is 45.3 Å². The van der Waals surface area contributed by atoms with Crippen molar-refractivity contribution in [3.63, 3.8) is 0 Å². The van der Waals surface area contributed by atoms with Crippen molar-refractivity contribution < 1.29 is 9.32 Å². The molecule has 0 aromatic carbocycles. The number of aryl methyl sites for hydroxylation is 1. The van der Waals surface area contributed by atoms with Crippen molar-refractivity contribution in [3.8, 4) is 0 Å². The number of hydrogen-bond acceptors (Lipinski definition) is 5. The van der Waals surface area contributed by atoms with Crippen molar-refractivity contribution in [3.05, 3.63) is 39.9 Å². The first-order valence-corrected chi connectivity index (χ1v) is 9.11. The second-order valence-corrected chi connectivity index (χ2v) is 7.38. The van der Waals surface area contributed by atoms with Crippen LogP contribution in [0.25, 0.3) is 0 Å². The molecule has 0 spiro atoms. The minimum absolute atomic E-state index is 0.00857. The fourth-order valence-electron chi connectivity index (χ4n) is 3.15. The molecule has 2 amide bonds. The molecule has 1 saturated heterocycles. The molecule has 2 aromatic heterocycles. The summed E-state index contributed by atoms with van der Waals surface area (Å²) in [4.78, 5) is 17.9. The number of thiophene rings is 1. The van der Waals surface area contributed by atoms with Gasteiger partial charge in [0.1, 0.15) is 0 Å². The monoisotopic (exact) mass is 348 g/mol. The third-order valence-electron chi connectivity index (χ3n) is 4.43. The van der Waals surface area contributed by atoms with E-state index < -0.39 is 0 Å². The molecule has 0 bridgehead atoms. The maximum Gasteiger partial charge on any atom is 0.318 e. The topological polar surface area (TPSA) is 61.6 Å². The van der Waals surface area contributed by atoms with Crippen LogP contribution in [0.5, 0.6) is 0 Å². The van der Waals surface area contributed by atoms with Gasteiger partial charge in [0.05, 0.1) is 17.8 Å². The first kappa shape index (κ1) is 17.0. The third-order valence-corrected chi connectivity index (χ3v) is 5.40. The molecule has 2 aromatic rings. The van der Waals surface area contributed by atoms with Crippen molar-refractivity contribution in [2.75, 3.05) is 27.2 Å². The van der Waals surface area contributed by atoms with Gasteiger partial charge in [0, 0.05) is 24.0 Å². The number of hydrogen-bond donors (Lipinski definition) is 1. The zero-order valence-electron chi connectivity index (χ0n) is 14.4. The summed E-state index contributed by atoms with van der Waals surface area (Å²) in [6, 6.07) is 6.21. The van der Waals surface area contributed by atoms with E-state index in [-0.39, 0.29) is 18.1 Å². The van der Waals surface area contributed by atoms with Crippen molar-refractivity contribution in [2.24, 2.45) is 0 Å². The molecule has 1 aliphatic heterocycles. The molecule has 6 nitrogen and oxygen atoms in total. The number of aromatic nitrogens is 1. The molecule has 130 valence electrons. The van der Waals surface area contributed by atoms with E-state index in [9.17, 15) is 4.79 Å². The SMILES string of the molecule is Cc1cc([C@H]2CCCN2C(=O)NC[C@H](c2cccs2)N(C)C)on1. The molecule has 2 atom stereocenters. The number of likely N-dealkylation sites (N-methyl/N-ethyl adjacent to an activating group) is 1. The Morgan fingerprint density at radius 1 is 1.58 bits per heavy atom. The van der Waals surface area contributed by atoms with Crippen molar-refractivity contribution in [1.29, 1.82) is 0 Å². The van der Waals surface area contributed by atoms with Crippen LogP contribution in [0.1, 0.15) is 41.3 Å². The highest BCUT2D eigenvalue weighted by molar-refractivity contribution is 7.10. The molecule has 0 unspecified atom stereocenters. The maximum atomic E-state index is 12.7. The van der Waals surface area contributed by atoms with Crippen LogP contribution in [-0.4, -0.2) is 48.2 Å². The van der Waals surface area contributed by atoms with Gasteiger partial charge in [0.15, 0.2) is 5.76 Å². The van der Waals surface area contributed by atoms with Crippen LogP contribution in [-0.2, 0) is 0 Å². The third kappa shape index (κ3) is 3.62. The van der Waals surface area contributed by atoms with Gasteiger partial charge in [-0.15, -0.1) is 11.3 Å². The molecule has 3 rings (SSSR count).